The van der Waals surface area contributed by atoms with Crippen molar-refractivity contribution in [1.82, 2.24) is 27.7 Å². The molecule has 0 aliphatic heterocycles. The van der Waals surface area contributed by atoms with Crippen LogP contribution < -0.4 is 4.74 Å². The van der Waals surface area contributed by atoms with E-state index in [1.807, 2.05) is 0 Å². The molecule has 2 amide bonds. The molecule has 0 atom stereocenters. The summed E-state index contributed by atoms with van der Waals surface area (Å²) in [6, 6.07) is 13.3. The van der Waals surface area contributed by atoms with Crippen molar-refractivity contribution in [2.45, 2.75) is 75.6 Å². The van der Waals surface area contributed by atoms with Crippen molar-refractivity contribution in [2.75, 3.05) is 21.2 Å². The molecule has 5 aromatic rings. The molecule has 0 aliphatic rings. The highest BCUT2D eigenvalue weighted by atomic mass is 79.9. The average molecular weight is 906 g/mol. The number of ether oxygens (including phenoxy) is 3. The molecule has 15 nitrogen and oxygen atoms in total. The lowest BCUT2D eigenvalue weighted by atomic mass is 10.1. The van der Waals surface area contributed by atoms with Crippen LogP contribution in [0.1, 0.15) is 52.7 Å². The van der Waals surface area contributed by atoms with Crippen LogP contribution in [0.5, 0.6) is 5.75 Å². The Morgan fingerprint density at radius 3 is 1.66 bits per heavy atom. The Hall–Kier alpha value is -5.27. The minimum Gasteiger partial charge on any atom is -0.496 e. The summed E-state index contributed by atoms with van der Waals surface area (Å²) in [5.41, 5.74) is -0.141. The molecule has 0 saturated heterocycles. The fraction of sp³-hybridized carbons (Fsp3) is 0.333. The summed E-state index contributed by atoms with van der Waals surface area (Å²) in [7, 11) is -3.39. The van der Waals surface area contributed by atoms with Gasteiger partial charge in [0.05, 0.1) is 31.5 Å². The van der Waals surface area contributed by atoms with E-state index in [0.29, 0.717) is 15.7 Å². The van der Waals surface area contributed by atoms with E-state index in [0.717, 1.165) is 7.94 Å². The lowest BCUT2D eigenvalue weighted by Gasteiger charge is -2.24. The molecule has 0 bridgehead atoms. The maximum atomic E-state index is 14.9. The van der Waals surface area contributed by atoms with Crippen LogP contribution in [0.3, 0.4) is 0 Å². The maximum Gasteiger partial charge on any atom is 0.410 e. The van der Waals surface area contributed by atoms with E-state index in [-0.39, 0.29) is 39.9 Å². The van der Waals surface area contributed by atoms with Gasteiger partial charge in [-0.1, -0.05) is 6.07 Å². The minimum atomic E-state index is -4.13. The zero-order valence-corrected chi connectivity index (χ0v) is 36.7. The molecule has 0 fully saturated rings. The van der Waals surface area contributed by atoms with Crippen LogP contribution in [-0.2, 0) is 42.6 Å². The van der Waals surface area contributed by atoms with Crippen molar-refractivity contribution in [1.29, 1.82) is 0 Å². The molecule has 0 radical (unpaired) electrons. The second kappa shape index (κ2) is 18.1. The van der Waals surface area contributed by atoms with Crippen molar-refractivity contribution >= 4 is 48.2 Å². The summed E-state index contributed by atoms with van der Waals surface area (Å²) in [5, 5.41) is 0. The molecular formula is C39H46BrFN6O9S2. The Morgan fingerprint density at radius 1 is 0.741 bits per heavy atom. The zero-order chi connectivity index (χ0) is 43.2. The molecule has 4 heterocycles. The van der Waals surface area contributed by atoms with E-state index in [1.165, 1.54) is 97.5 Å². The third-order valence-electron chi connectivity index (χ3n) is 7.72. The predicted octanol–water partition coefficient (Wildman–Crippen LogP) is 7.55. The molecule has 0 unspecified atom stereocenters. The number of hydrogen-bond acceptors (Lipinski definition) is 11. The normalized spacial score (nSPS) is 11.9. The summed E-state index contributed by atoms with van der Waals surface area (Å²) < 4.78 is 85.4. The molecule has 4 aromatic heterocycles. The number of methoxy groups -OCH3 is 1. The lowest BCUT2D eigenvalue weighted by molar-refractivity contribution is 0.0275. The molecule has 5 rings (SSSR count). The number of hydrogen-bond donors (Lipinski definition) is 0. The Labute approximate surface area is 346 Å². The van der Waals surface area contributed by atoms with Gasteiger partial charge in [-0.05, 0) is 117 Å². The van der Waals surface area contributed by atoms with E-state index in [2.05, 4.69) is 25.9 Å². The Kier molecular flexibility index (Phi) is 14.2. The fourth-order valence-corrected chi connectivity index (χ4v) is 8.75. The highest BCUT2D eigenvalue weighted by Gasteiger charge is 2.28. The summed E-state index contributed by atoms with van der Waals surface area (Å²) in [6.45, 7) is 10.8. The van der Waals surface area contributed by atoms with Crippen molar-refractivity contribution in [3.05, 3.63) is 113 Å². The highest BCUT2D eigenvalue weighted by molar-refractivity contribution is 9.10. The molecule has 312 valence electrons. The van der Waals surface area contributed by atoms with Gasteiger partial charge in [0.1, 0.15) is 37.2 Å². The van der Waals surface area contributed by atoms with Crippen LogP contribution in [0.15, 0.2) is 106 Å². The SMILES string of the molecule is CN(Cc1cc(Br)n(S(=O)(=O)c2cccnc2)c1)C(=O)OC(C)(C)C.COc1cccc(F)c1-c1cc(CN(C)C(=O)OC(C)(C)C)cn1S(=O)(=O)c1cccnc1. The number of carbonyl (C=O) groups excluding carboxylic acids is 2. The van der Waals surface area contributed by atoms with Gasteiger partial charge in [0.15, 0.2) is 0 Å². The van der Waals surface area contributed by atoms with Gasteiger partial charge < -0.3 is 24.0 Å². The number of nitrogens with zero attached hydrogens (tertiary/aromatic N) is 6. The summed E-state index contributed by atoms with van der Waals surface area (Å²) >= 11 is 3.25. The monoisotopic (exact) mass is 904 g/mol. The van der Waals surface area contributed by atoms with Gasteiger partial charge >= 0.3 is 12.2 Å². The largest absolute Gasteiger partial charge is 0.496 e. The Morgan fingerprint density at radius 2 is 1.21 bits per heavy atom. The number of amides is 2. The van der Waals surface area contributed by atoms with Gasteiger partial charge in [-0.2, -0.15) is 0 Å². The number of carbonyl (C=O) groups is 2. The predicted molar refractivity (Wildman–Crippen MR) is 218 cm³/mol. The summed E-state index contributed by atoms with van der Waals surface area (Å²) in [4.78, 5) is 34.9. The molecule has 19 heteroatoms. The van der Waals surface area contributed by atoms with Crippen LogP contribution in [0, 0.1) is 5.82 Å². The first-order valence-electron chi connectivity index (χ1n) is 17.5. The van der Waals surface area contributed by atoms with E-state index in [1.54, 1.807) is 66.8 Å². The number of benzene rings is 1. The topological polar surface area (TPSA) is 172 Å². The maximum absolute atomic E-state index is 14.9. The third kappa shape index (κ3) is 11.4. The molecule has 0 spiro atoms. The highest BCUT2D eigenvalue weighted by Crippen LogP contribution is 2.36. The van der Waals surface area contributed by atoms with Crippen LogP contribution in [0.2, 0.25) is 0 Å². The van der Waals surface area contributed by atoms with Crippen molar-refractivity contribution < 1.29 is 45.0 Å². The van der Waals surface area contributed by atoms with Crippen LogP contribution in [0.4, 0.5) is 14.0 Å². The molecule has 0 saturated carbocycles. The number of halogens is 2. The van der Waals surface area contributed by atoms with E-state index >= 15 is 0 Å². The van der Waals surface area contributed by atoms with Gasteiger partial charge in [-0.25, -0.2) is 38.8 Å². The first kappa shape index (κ1) is 45.4. The third-order valence-corrected chi connectivity index (χ3v) is 11.9. The molecule has 58 heavy (non-hydrogen) atoms. The van der Waals surface area contributed by atoms with Gasteiger partial charge in [0, 0.05) is 51.3 Å². The quantitative estimate of drug-likeness (QED) is 0.136. The number of aromatic nitrogens is 4. The second-order valence-electron chi connectivity index (χ2n) is 14.9. The second-order valence-corrected chi connectivity index (χ2v) is 19.3. The van der Waals surface area contributed by atoms with E-state index in [9.17, 15) is 30.8 Å². The molecule has 0 aliphatic carbocycles. The minimum absolute atomic E-state index is 0.0152. The molecule has 0 N–H and O–H groups in total. The van der Waals surface area contributed by atoms with Crippen LogP contribution >= 0.6 is 15.9 Å². The average Bonchev–Trinajstić information content (AvgIpc) is 3.74. The number of rotatable bonds is 10. The van der Waals surface area contributed by atoms with E-state index in [4.69, 9.17) is 14.2 Å². The lowest BCUT2D eigenvalue weighted by Crippen LogP contribution is -2.33. The van der Waals surface area contributed by atoms with Crippen LogP contribution in [-0.4, -0.2) is 89.1 Å². The fourth-order valence-electron chi connectivity index (χ4n) is 5.21. The first-order valence-corrected chi connectivity index (χ1v) is 21.2. The van der Waals surface area contributed by atoms with Crippen molar-refractivity contribution in [3.8, 4) is 17.0 Å². The Balaban J connectivity index is 0.000000267. The molecule has 1 aromatic carbocycles. The first-order chi connectivity index (χ1) is 26.9. The van der Waals surface area contributed by atoms with Gasteiger partial charge in [0.2, 0.25) is 0 Å². The van der Waals surface area contributed by atoms with Gasteiger partial charge in [-0.3, -0.25) is 9.97 Å². The number of pyridine rings is 2. The van der Waals surface area contributed by atoms with Crippen molar-refractivity contribution in [3.63, 3.8) is 0 Å². The zero-order valence-electron chi connectivity index (χ0n) is 33.5. The molecular weight excluding hydrogens is 859 g/mol. The summed E-state index contributed by atoms with van der Waals surface area (Å²) in [6.07, 6.45) is 7.22. The van der Waals surface area contributed by atoms with E-state index < -0.39 is 49.3 Å². The Bertz CT molecular complexity index is 2450. The van der Waals surface area contributed by atoms with Gasteiger partial charge in [0.25, 0.3) is 20.0 Å². The smallest absolute Gasteiger partial charge is 0.410 e. The van der Waals surface area contributed by atoms with Crippen molar-refractivity contribution in [2.24, 2.45) is 0 Å². The van der Waals surface area contributed by atoms with Crippen LogP contribution in [0.25, 0.3) is 11.3 Å². The summed E-state index contributed by atoms with van der Waals surface area (Å²) in [5.74, 6) is -0.482. The van der Waals surface area contributed by atoms with Gasteiger partial charge in [-0.15, -0.1) is 0 Å². The standard InChI is InChI=1S/C23H26FN3O5S.C16H20BrN3O4S/c1-23(2,3)32-22(28)26(4)14-16-12-19(21-18(24)9-6-10-20(21)31-5)27(15-16)33(29,30)17-8-7-11-25-13-17;1-16(2,3)24-15(21)19(4)10-12-8-14(17)20(11-12)25(22,23)13-6-5-7-18-9-13/h6-13,15H,14H2,1-5H3;5-9,11H,10H2,1-4H3.